The van der Waals surface area contributed by atoms with Gasteiger partial charge >= 0.3 is 6.03 Å². The van der Waals surface area contributed by atoms with Gasteiger partial charge in [-0.2, -0.15) is 0 Å². The molecule has 1 aromatic carbocycles. The van der Waals surface area contributed by atoms with Crippen LogP contribution < -0.4 is 10.6 Å². The van der Waals surface area contributed by atoms with Crippen LogP contribution in [0.4, 0.5) is 4.79 Å². The molecule has 0 radical (unpaired) electrons. The quantitative estimate of drug-likeness (QED) is 0.727. The second-order valence-electron chi connectivity index (χ2n) is 7.18. The lowest BCUT2D eigenvalue weighted by Gasteiger charge is -2.38. The molecule has 0 unspecified atom stereocenters. The van der Waals surface area contributed by atoms with Crippen molar-refractivity contribution in [2.45, 2.75) is 24.7 Å². The minimum Gasteiger partial charge on any atom is -0.381 e. The number of urea groups is 1. The third-order valence-corrected chi connectivity index (χ3v) is 5.46. The molecular weight excluding hydrogens is 330 g/mol. The van der Waals surface area contributed by atoms with Gasteiger partial charge in [0.1, 0.15) is 0 Å². The van der Waals surface area contributed by atoms with E-state index in [9.17, 15) is 4.79 Å². The van der Waals surface area contributed by atoms with Gasteiger partial charge in [0.05, 0.1) is 13.2 Å². The molecule has 3 rings (SSSR count). The summed E-state index contributed by atoms with van der Waals surface area (Å²) in [6, 6.07) is 10.4. The zero-order valence-corrected chi connectivity index (χ0v) is 15.5. The van der Waals surface area contributed by atoms with E-state index >= 15 is 0 Å². The van der Waals surface area contributed by atoms with Crippen LogP contribution in [0.3, 0.4) is 0 Å². The minimum absolute atomic E-state index is 0.0232. The molecule has 2 heterocycles. The molecular formula is C20H31N3O3. The number of amides is 2. The summed E-state index contributed by atoms with van der Waals surface area (Å²) in [5.41, 5.74) is 1.26. The first-order chi connectivity index (χ1) is 12.8. The molecule has 1 aromatic rings. The maximum absolute atomic E-state index is 12.2. The van der Waals surface area contributed by atoms with Crippen LogP contribution in [0.2, 0.25) is 0 Å². The lowest BCUT2D eigenvalue weighted by Crippen LogP contribution is -2.47. The van der Waals surface area contributed by atoms with Crippen molar-refractivity contribution in [2.24, 2.45) is 0 Å². The first-order valence-electron chi connectivity index (χ1n) is 9.74. The summed E-state index contributed by atoms with van der Waals surface area (Å²) in [5.74, 6) is 0. The second-order valence-corrected chi connectivity index (χ2v) is 7.18. The van der Waals surface area contributed by atoms with Crippen LogP contribution in [0.15, 0.2) is 30.3 Å². The lowest BCUT2D eigenvalue weighted by atomic mass is 9.74. The highest BCUT2D eigenvalue weighted by Gasteiger charge is 2.34. The topological polar surface area (TPSA) is 62.8 Å². The Kier molecular flexibility index (Phi) is 7.29. The molecule has 0 bridgehead atoms. The Bertz CT molecular complexity index is 540. The molecule has 26 heavy (non-hydrogen) atoms. The molecule has 0 aliphatic carbocycles. The van der Waals surface area contributed by atoms with Crippen molar-refractivity contribution in [2.75, 3.05) is 59.2 Å². The number of hydrogen-bond donors (Lipinski definition) is 2. The number of benzene rings is 1. The van der Waals surface area contributed by atoms with E-state index in [0.717, 1.165) is 65.3 Å². The molecule has 0 atom stereocenters. The fourth-order valence-corrected chi connectivity index (χ4v) is 3.76. The number of morpholine rings is 1. The molecule has 6 heteroatoms. The number of ether oxygens (including phenoxy) is 2. The molecule has 6 nitrogen and oxygen atoms in total. The highest BCUT2D eigenvalue weighted by Crippen LogP contribution is 2.34. The summed E-state index contributed by atoms with van der Waals surface area (Å²) in [5, 5.41) is 6.08. The van der Waals surface area contributed by atoms with Gasteiger partial charge in [-0.1, -0.05) is 30.3 Å². The van der Waals surface area contributed by atoms with E-state index in [2.05, 4.69) is 39.8 Å². The van der Waals surface area contributed by atoms with Crippen LogP contribution in [0.5, 0.6) is 0 Å². The van der Waals surface area contributed by atoms with Crippen molar-refractivity contribution in [3.63, 3.8) is 0 Å². The summed E-state index contributed by atoms with van der Waals surface area (Å²) in [6.07, 6.45) is 2.84. The van der Waals surface area contributed by atoms with E-state index in [4.69, 9.17) is 9.47 Å². The minimum atomic E-state index is -0.0752. The monoisotopic (exact) mass is 361 g/mol. The third kappa shape index (κ3) is 5.43. The van der Waals surface area contributed by atoms with E-state index in [1.807, 2.05) is 6.07 Å². The second kappa shape index (κ2) is 9.90. The molecule has 2 aliphatic rings. The van der Waals surface area contributed by atoms with E-state index < -0.39 is 0 Å². The number of nitrogens with zero attached hydrogens (tertiary/aromatic N) is 1. The smallest absolute Gasteiger partial charge is 0.314 e. The van der Waals surface area contributed by atoms with Gasteiger partial charge in [0.15, 0.2) is 0 Å². The molecule has 0 saturated carbocycles. The third-order valence-electron chi connectivity index (χ3n) is 5.46. The molecule has 2 amide bonds. The molecule has 144 valence electrons. The van der Waals surface area contributed by atoms with Crippen molar-refractivity contribution >= 4 is 6.03 Å². The largest absolute Gasteiger partial charge is 0.381 e. The SMILES string of the molecule is O=C(NCCCN1CCOCC1)NCC1(c2ccccc2)CCOCC1. The number of rotatable bonds is 7. The standard InChI is InChI=1S/C20H31N3O3/c24-19(21-9-4-10-23-11-15-26-16-12-23)22-17-20(7-13-25-14-8-20)18-5-2-1-3-6-18/h1-3,5-6H,4,7-17H2,(H2,21,22,24). The van der Waals surface area contributed by atoms with Crippen LogP contribution >= 0.6 is 0 Å². The zero-order chi connectivity index (χ0) is 18.1. The first-order valence-corrected chi connectivity index (χ1v) is 9.74. The molecule has 2 saturated heterocycles. The lowest BCUT2D eigenvalue weighted by molar-refractivity contribution is 0.0375. The fraction of sp³-hybridized carbons (Fsp3) is 0.650. The van der Waals surface area contributed by atoms with Crippen molar-refractivity contribution in [3.8, 4) is 0 Å². The summed E-state index contributed by atoms with van der Waals surface area (Å²) in [6.45, 7) is 7.48. The fourth-order valence-electron chi connectivity index (χ4n) is 3.76. The average molecular weight is 361 g/mol. The van der Waals surface area contributed by atoms with Gasteiger partial charge in [0.25, 0.3) is 0 Å². The van der Waals surface area contributed by atoms with Crippen LogP contribution in [0.25, 0.3) is 0 Å². The number of carbonyl (C=O) groups excluding carboxylic acids is 1. The van der Waals surface area contributed by atoms with Crippen LogP contribution in [0, 0.1) is 0 Å². The molecule has 2 fully saturated rings. The number of hydrogen-bond acceptors (Lipinski definition) is 4. The van der Waals surface area contributed by atoms with Crippen molar-refractivity contribution in [1.82, 2.24) is 15.5 Å². The van der Waals surface area contributed by atoms with E-state index in [0.29, 0.717) is 13.1 Å². The summed E-state index contributed by atoms with van der Waals surface area (Å²) in [7, 11) is 0. The predicted octanol–water partition coefficient (Wildman–Crippen LogP) is 1.76. The molecule has 0 spiro atoms. The maximum atomic E-state index is 12.2. The molecule has 2 N–H and O–H groups in total. The van der Waals surface area contributed by atoms with Gasteiger partial charge in [0.2, 0.25) is 0 Å². The van der Waals surface area contributed by atoms with E-state index in [-0.39, 0.29) is 11.4 Å². The Hall–Kier alpha value is -1.63. The Balaban J connectivity index is 1.41. The number of carbonyl (C=O) groups is 1. The van der Waals surface area contributed by atoms with Gasteiger partial charge in [-0.05, 0) is 31.4 Å². The van der Waals surface area contributed by atoms with Crippen molar-refractivity contribution in [1.29, 1.82) is 0 Å². The zero-order valence-electron chi connectivity index (χ0n) is 15.5. The van der Waals surface area contributed by atoms with Crippen LogP contribution in [-0.4, -0.2) is 70.1 Å². The molecule has 0 aromatic heterocycles. The van der Waals surface area contributed by atoms with Crippen LogP contribution in [-0.2, 0) is 14.9 Å². The van der Waals surface area contributed by atoms with E-state index in [1.165, 1.54) is 5.56 Å². The Morgan fingerprint density at radius 1 is 1.00 bits per heavy atom. The first kappa shape index (κ1) is 19.1. The average Bonchev–Trinajstić information content (AvgIpc) is 2.72. The van der Waals surface area contributed by atoms with Gasteiger partial charge in [-0.3, -0.25) is 4.90 Å². The number of nitrogens with one attached hydrogen (secondary N) is 2. The highest BCUT2D eigenvalue weighted by molar-refractivity contribution is 5.73. The van der Waals surface area contributed by atoms with Gasteiger partial charge in [0, 0.05) is 44.8 Å². The Labute approximate surface area is 156 Å². The van der Waals surface area contributed by atoms with Gasteiger partial charge in [-0.25, -0.2) is 4.79 Å². The summed E-state index contributed by atoms with van der Waals surface area (Å²) < 4.78 is 10.9. The maximum Gasteiger partial charge on any atom is 0.314 e. The summed E-state index contributed by atoms with van der Waals surface area (Å²) in [4.78, 5) is 14.6. The van der Waals surface area contributed by atoms with Crippen molar-refractivity contribution in [3.05, 3.63) is 35.9 Å². The Morgan fingerprint density at radius 2 is 1.69 bits per heavy atom. The Morgan fingerprint density at radius 3 is 2.42 bits per heavy atom. The highest BCUT2D eigenvalue weighted by atomic mass is 16.5. The van der Waals surface area contributed by atoms with Crippen molar-refractivity contribution < 1.29 is 14.3 Å². The van der Waals surface area contributed by atoms with Gasteiger partial charge < -0.3 is 20.1 Å². The predicted molar refractivity (Wildman–Crippen MR) is 101 cm³/mol. The molecule has 2 aliphatic heterocycles. The summed E-state index contributed by atoms with van der Waals surface area (Å²) >= 11 is 0. The normalized spacial score (nSPS) is 20.5. The van der Waals surface area contributed by atoms with Crippen LogP contribution in [0.1, 0.15) is 24.8 Å². The van der Waals surface area contributed by atoms with Gasteiger partial charge in [-0.15, -0.1) is 0 Å². The van der Waals surface area contributed by atoms with E-state index in [1.54, 1.807) is 0 Å².